The molecule has 6 nitrogen and oxygen atoms in total. The molecule has 0 saturated heterocycles. The Labute approximate surface area is 84.7 Å². The lowest BCUT2D eigenvalue weighted by molar-refractivity contribution is -0.135. The first-order valence-corrected chi connectivity index (χ1v) is 4.30. The predicted octanol–water partition coefficient (Wildman–Crippen LogP) is 0.841. The van der Waals surface area contributed by atoms with E-state index in [1.54, 1.807) is 6.08 Å². The minimum absolute atomic E-state index is 0.0281. The standard InChI is InChI=1S/C9H8N4O2/c14-7(15)3-1-2-6-8-9(12-4-10-6)13-5-11-8/h1-2,4-5H,3H2,(H,14,15)(H,10,11,12,13). The van der Waals surface area contributed by atoms with E-state index in [0.29, 0.717) is 16.9 Å². The number of carboxylic acids is 1. The summed E-state index contributed by atoms with van der Waals surface area (Å²) in [5.74, 6) is -0.874. The summed E-state index contributed by atoms with van der Waals surface area (Å²) in [6, 6.07) is 0. The average Bonchev–Trinajstić information content (AvgIpc) is 2.65. The number of carbonyl (C=O) groups is 1. The number of hydrogen-bond donors (Lipinski definition) is 2. The molecular weight excluding hydrogens is 196 g/mol. The molecule has 0 aromatic carbocycles. The quantitative estimate of drug-likeness (QED) is 0.772. The zero-order valence-electron chi connectivity index (χ0n) is 7.71. The largest absolute Gasteiger partial charge is 0.481 e. The van der Waals surface area contributed by atoms with Crippen molar-refractivity contribution in [1.29, 1.82) is 0 Å². The van der Waals surface area contributed by atoms with E-state index in [-0.39, 0.29) is 6.42 Å². The number of imidazole rings is 1. The van der Waals surface area contributed by atoms with Crippen molar-refractivity contribution in [2.24, 2.45) is 0 Å². The zero-order valence-corrected chi connectivity index (χ0v) is 7.71. The minimum Gasteiger partial charge on any atom is -0.481 e. The fourth-order valence-electron chi connectivity index (χ4n) is 1.18. The van der Waals surface area contributed by atoms with Crippen LogP contribution in [0.3, 0.4) is 0 Å². The normalized spacial score (nSPS) is 11.2. The molecule has 0 radical (unpaired) electrons. The summed E-state index contributed by atoms with van der Waals surface area (Å²) < 4.78 is 0. The van der Waals surface area contributed by atoms with Crippen molar-refractivity contribution in [3.63, 3.8) is 0 Å². The van der Waals surface area contributed by atoms with Crippen molar-refractivity contribution in [2.45, 2.75) is 6.42 Å². The summed E-state index contributed by atoms with van der Waals surface area (Å²) in [4.78, 5) is 25.1. The highest BCUT2D eigenvalue weighted by Gasteiger charge is 2.01. The third kappa shape index (κ3) is 1.98. The summed E-state index contributed by atoms with van der Waals surface area (Å²) in [6.07, 6.45) is 6.05. The molecule has 0 aliphatic carbocycles. The Balaban J connectivity index is 2.31. The van der Waals surface area contributed by atoms with Crippen molar-refractivity contribution < 1.29 is 9.90 Å². The molecule has 2 aromatic heterocycles. The Kier molecular flexibility index (Phi) is 2.40. The summed E-state index contributed by atoms with van der Waals surface area (Å²) >= 11 is 0. The van der Waals surface area contributed by atoms with Gasteiger partial charge in [-0.15, -0.1) is 0 Å². The molecule has 0 aliphatic rings. The number of carboxylic acid groups (broad SMARTS) is 1. The van der Waals surface area contributed by atoms with Crippen LogP contribution in [-0.4, -0.2) is 31.0 Å². The number of hydrogen-bond acceptors (Lipinski definition) is 4. The highest BCUT2D eigenvalue weighted by Crippen LogP contribution is 2.10. The number of nitrogens with one attached hydrogen (secondary N) is 1. The van der Waals surface area contributed by atoms with Gasteiger partial charge in [-0.05, 0) is 6.08 Å². The van der Waals surface area contributed by atoms with E-state index in [1.165, 1.54) is 18.7 Å². The highest BCUT2D eigenvalue weighted by atomic mass is 16.4. The van der Waals surface area contributed by atoms with Gasteiger partial charge in [-0.1, -0.05) is 6.08 Å². The number of rotatable bonds is 3. The van der Waals surface area contributed by atoms with Crippen molar-refractivity contribution in [3.05, 3.63) is 24.4 Å². The topological polar surface area (TPSA) is 91.8 Å². The molecule has 2 rings (SSSR count). The lowest BCUT2D eigenvalue weighted by atomic mass is 10.3. The molecule has 2 N–H and O–H groups in total. The number of H-pyrrole nitrogens is 1. The van der Waals surface area contributed by atoms with Crippen LogP contribution in [0.5, 0.6) is 0 Å². The second-order valence-corrected chi connectivity index (χ2v) is 2.86. The number of aromatic nitrogens is 4. The first kappa shape index (κ1) is 9.32. The van der Waals surface area contributed by atoms with Crippen LogP contribution in [-0.2, 0) is 4.79 Å². The van der Waals surface area contributed by atoms with Crippen LogP contribution >= 0.6 is 0 Å². The molecular formula is C9H8N4O2. The lowest BCUT2D eigenvalue weighted by Crippen LogP contribution is -1.90. The summed E-state index contributed by atoms with van der Waals surface area (Å²) in [7, 11) is 0. The Morgan fingerprint density at radius 2 is 2.33 bits per heavy atom. The molecule has 0 fully saturated rings. The number of aliphatic carboxylic acids is 1. The maximum Gasteiger partial charge on any atom is 0.307 e. The van der Waals surface area contributed by atoms with Gasteiger partial charge in [0.15, 0.2) is 5.65 Å². The van der Waals surface area contributed by atoms with Gasteiger partial charge in [0.25, 0.3) is 0 Å². The van der Waals surface area contributed by atoms with Gasteiger partial charge >= 0.3 is 5.97 Å². The van der Waals surface area contributed by atoms with E-state index in [1.807, 2.05) is 0 Å². The fraction of sp³-hybridized carbons (Fsp3) is 0.111. The molecule has 15 heavy (non-hydrogen) atoms. The van der Waals surface area contributed by atoms with Gasteiger partial charge < -0.3 is 10.1 Å². The Hall–Kier alpha value is -2.24. The van der Waals surface area contributed by atoms with E-state index in [9.17, 15) is 4.79 Å². The Morgan fingerprint density at radius 1 is 1.47 bits per heavy atom. The van der Waals surface area contributed by atoms with E-state index in [0.717, 1.165) is 0 Å². The number of nitrogens with zero attached hydrogens (tertiary/aromatic N) is 3. The van der Waals surface area contributed by atoms with Crippen LogP contribution in [0.15, 0.2) is 18.7 Å². The molecule has 0 saturated carbocycles. The first-order chi connectivity index (χ1) is 7.27. The molecule has 0 aliphatic heterocycles. The van der Waals surface area contributed by atoms with Gasteiger partial charge in [0.05, 0.1) is 18.4 Å². The van der Waals surface area contributed by atoms with E-state index >= 15 is 0 Å². The van der Waals surface area contributed by atoms with Gasteiger partial charge in [-0.3, -0.25) is 4.79 Å². The summed E-state index contributed by atoms with van der Waals surface area (Å²) in [6.45, 7) is 0. The number of fused-ring (bicyclic) bond motifs is 1. The zero-order chi connectivity index (χ0) is 10.7. The van der Waals surface area contributed by atoms with Crippen LogP contribution in [0.4, 0.5) is 0 Å². The van der Waals surface area contributed by atoms with Crippen LogP contribution in [0.1, 0.15) is 12.1 Å². The molecule has 0 amide bonds. The van der Waals surface area contributed by atoms with Crippen LogP contribution < -0.4 is 0 Å². The maximum absolute atomic E-state index is 10.3. The molecule has 0 bridgehead atoms. The monoisotopic (exact) mass is 204 g/mol. The van der Waals surface area contributed by atoms with Gasteiger partial charge in [0.2, 0.25) is 0 Å². The second kappa shape index (κ2) is 3.87. The van der Waals surface area contributed by atoms with Crippen LogP contribution in [0.25, 0.3) is 17.2 Å². The molecule has 0 spiro atoms. The summed E-state index contributed by atoms with van der Waals surface area (Å²) in [5, 5.41) is 8.46. The van der Waals surface area contributed by atoms with E-state index in [2.05, 4.69) is 19.9 Å². The van der Waals surface area contributed by atoms with E-state index in [4.69, 9.17) is 5.11 Å². The third-order valence-electron chi connectivity index (χ3n) is 1.82. The first-order valence-electron chi connectivity index (χ1n) is 4.30. The van der Waals surface area contributed by atoms with Gasteiger partial charge in [0.1, 0.15) is 11.8 Å². The minimum atomic E-state index is -0.874. The lowest BCUT2D eigenvalue weighted by Gasteiger charge is -1.92. The van der Waals surface area contributed by atoms with Crippen LogP contribution in [0, 0.1) is 0 Å². The SMILES string of the molecule is O=C(O)CC=Cc1ncnc2nc[nH]c12. The molecule has 2 aromatic rings. The van der Waals surface area contributed by atoms with Gasteiger partial charge in [0, 0.05) is 0 Å². The smallest absolute Gasteiger partial charge is 0.307 e. The fourth-order valence-corrected chi connectivity index (χ4v) is 1.18. The second-order valence-electron chi connectivity index (χ2n) is 2.86. The molecule has 0 unspecified atom stereocenters. The maximum atomic E-state index is 10.3. The average molecular weight is 204 g/mol. The molecule has 2 heterocycles. The van der Waals surface area contributed by atoms with Gasteiger partial charge in [-0.2, -0.15) is 0 Å². The third-order valence-corrected chi connectivity index (χ3v) is 1.82. The number of aromatic amines is 1. The van der Waals surface area contributed by atoms with Gasteiger partial charge in [-0.25, -0.2) is 15.0 Å². The van der Waals surface area contributed by atoms with Crippen LogP contribution in [0.2, 0.25) is 0 Å². The van der Waals surface area contributed by atoms with E-state index < -0.39 is 5.97 Å². The summed E-state index contributed by atoms with van der Waals surface area (Å²) in [5.41, 5.74) is 1.91. The van der Waals surface area contributed by atoms with Crippen molar-refractivity contribution in [3.8, 4) is 0 Å². The van der Waals surface area contributed by atoms with Crippen molar-refractivity contribution in [2.75, 3.05) is 0 Å². The molecule has 6 heteroatoms. The predicted molar refractivity (Wildman–Crippen MR) is 53.0 cm³/mol. The van der Waals surface area contributed by atoms with Crippen molar-refractivity contribution in [1.82, 2.24) is 19.9 Å². The Morgan fingerprint density at radius 3 is 3.13 bits per heavy atom. The van der Waals surface area contributed by atoms with Crippen molar-refractivity contribution >= 4 is 23.2 Å². The molecule has 76 valence electrons. The highest BCUT2D eigenvalue weighted by molar-refractivity contribution is 5.80. The Bertz CT molecular complexity index is 518. The molecule has 0 atom stereocenters.